The Morgan fingerprint density at radius 1 is 1.39 bits per heavy atom. The fraction of sp³-hybridized carbons (Fsp3) is 0.714. The first kappa shape index (κ1) is 22.9. The monoisotopic (exact) mass is 411 g/mol. The SMILES string of the molecule is CC(C)(C)OC(=O)N1CC[C@@H](OCCCCC(N)CCc2cccnc2Cl)C1. The molecule has 0 radical (unpaired) electrons. The van der Waals surface area contributed by atoms with Gasteiger partial charge in [0.05, 0.1) is 12.6 Å². The Morgan fingerprint density at radius 3 is 2.89 bits per heavy atom. The highest BCUT2D eigenvalue weighted by Crippen LogP contribution is 2.18. The zero-order valence-corrected chi connectivity index (χ0v) is 18.1. The van der Waals surface area contributed by atoms with Crippen LogP contribution in [0.1, 0.15) is 58.4 Å². The number of nitrogens with two attached hydrogens (primary N) is 1. The molecule has 2 atom stereocenters. The van der Waals surface area contributed by atoms with Crippen molar-refractivity contribution >= 4 is 17.7 Å². The maximum Gasteiger partial charge on any atom is 0.410 e. The lowest BCUT2D eigenvalue weighted by Crippen LogP contribution is -2.36. The summed E-state index contributed by atoms with van der Waals surface area (Å²) in [6, 6.07) is 4.06. The number of likely N-dealkylation sites (tertiary alicyclic amines) is 1. The van der Waals surface area contributed by atoms with Crippen molar-refractivity contribution in [2.24, 2.45) is 5.73 Å². The number of carbonyl (C=O) groups excluding carboxylic acids is 1. The molecule has 1 saturated heterocycles. The highest BCUT2D eigenvalue weighted by molar-refractivity contribution is 6.30. The van der Waals surface area contributed by atoms with Gasteiger partial charge < -0.3 is 20.1 Å². The van der Waals surface area contributed by atoms with Gasteiger partial charge in [0.25, 0.3) is 0 Å². The van der Waals surface area contributed by atoms with Crippen LogP contribution in [0.3, 0.4) is 0 Å². The van der Waals surface area contributed by atoms with E-state index in [0.717, 1.165) is 44.1 Å². The summed E-state index contributed by atoms with van der Waals surface area (Å²) in [5.41, 5.74) is 6.81. The van der Waals surface area contributed by atoms with Crippen molar-refractivity contribution < 1.29 is 14.3 Å². The summed E-state index contributed by atoms with van der Waals surface area (Å²) in [5, 5.41) is 0.570. The molecule has 1 amide bonds. The van der Waals surface area contributed by atoms with Gasteiger partial charge in [0.1, 0.15) is 10.8 Å². The molecule has 0 bridgehead atoms. The first-order valence-electron chi connectivity index (χ1n) is 10.2. The number of halogens is 1. The van der Waals surface area contributed by atoms with E-state index in [-0.39, 0.29) is 18.2 Å². The second-order valence-corrected chi connectivity index (χ2v) is 8.81. The molecule has 1 aromatic rings. The van der Waals surface area contributed by atoms with Crippen LogP contribution in [0, 0.1) is 0 Å². The van der Waals surface area contributed by atoms with Crippen molar-refractivity contribution in [1.29, 1.82) is 0 Å². The summed E-state index contributed by atoms with van der Waals surface area (Å²) in [6.07, 6.45) is 7.15. The lowest BCUT2D eigenvalue weighted by molar-refractivity contribution is 0.0206. The van der Waals surface area contributed by atoms with Gasteiger partial charge in [-0.1, -0.05) is 17.7 Å². The number of hydrogen-bond donors (Lipinski definition) is 1. The van der Waals surface area contributed by atoms with Gasteiger partial charge in [0, 0.05) is 25.4 Å². The number of amides is 1. The summed E-state index contributed by atoms with van der Waals surface area (Å²) >= 11 is 6.08. The fourth-order valence-corrected chi connectivity index (χ4v) is 3.42. The molecule has 2 N–H and O–H groups in total. The van der Waals surface area contributed by atoms with Crippen molar-refractivity contribution in [3.05, 3.63) is 29.0 Å². The van der Waals surface area contributed by atoms with Crippen molar-refractivity contribution in [1.82, 2.24) is 9.88 Å². The van der Waals surface area contributed by atoms with E-state index in [1.54, 1.807) is 11.1 Å². The Bertz CT molecular complexity index is 621. The van der Waals surface area contributed by atoms with Crippen molar-refractivity contribution in [2.75, 3.05) is 19.7 Å². The molecule has 0 aliphatic carbocycles. The Kier molecular flexibility index (Phi) is 8.99. The first-order chi connectivity index (χ1) is 13.2. The number of unbranched alkanes of at least 4 members (excludes halogenated alkanes) is 1. The summed E-state index contributed by atoms with van der Waals surface area (Å²) in [6.45, 7) is 7.65. The Labute approximate surface area is 173 Å². The van der Waals surface area contributed by atoms with Gasteiger partial charge in [-0.15, -0.1) is 0 Å². The van der Waals surface area contributed by atoms with E-state index in [9.17, 15) is 4.79 Å². The van der Waals surface area contributed by atoms with Crippen LogP contribution in [0.2, 0.25) is 5.15 Å². The van der Waals surface area contributed by atoms with Gasteiger partial charge >= 0.3 is 6.09 Å². The van der Waals surface area contributed by atoms with E-state index in [2.05, 4.69) is 4.98 Å². The smallest absolute Gasteiger partial charge is 0.410 e. The number of aryl methyl sites for hydroxylation is 1. The molecule has 2 heterocycles. The second-order valence-electron chi connectivity index (χ2n) is 8.46. The maximum atomic E-state index is 12.1. The van der Waals surface area contributed by atoms with E-state index in [1.165, 1.54) is 0 Å². The molecule has 0 spiro atoms. The quantitative estimate of drug-likeness (QED) is 0.487. The van der Waals surface area contributed by atoms with E-state index < -0.39 is 5.60 Å². The van der Waals surface area contributed by atoms with Crippen LogP contribution in [-0.4, -0.2) is 53.4 Å². The fourth-order valence-electron chi connectivity index (χ4n) is 3.21. The van der Waals surface area contributed by atoms with Gasteiger partial charge in [-0.2, -0.15) is 0 Å². The van der Waals surface area contributed by atoms with Gasteiger partial charge in [0.15, 0.2) is 0 Å². The van der Waals surface area contributed by atoms with Crippen LogP contribution in [0.15, 0.2) is 18.3 Å². The third kappa shape index (κ3) is 8.33. The summed E-state index contributed by atoms with van der Waals surface area (Å²) in [5.74, 6) is 0. The standard InChI is InChI=1S/C21H34ClN3O3/c1-21(2,3)28-20(26)25-13-11-18(15-25)27-14-5-4-8-17(23)10-9-16-7-6-12-24-19(16)22/h6-7,12,17-18H,4-5,8-11,13-15,23H2,1-3H3/t17?,18-/m1/s1. The number of ether oxygens (including phenoxy) is 2. The van der Waals surface area contributed by atoms with Crippen LogP contribution >= 0.6 is 11.6 Å². The molecule has 6 nitrogen and oxygen atoms in total. The molecular formula is C21H34ClN3O3. The van der Waals surface area contributed by atoms with Crippen molar-refractivity contribution in [3.8, 4) is 0 Å². The van der Waals surface area contributed by atoms with Crippen LogP contribution < -0.4 is 5.73 Å². The van der Waals surface area contributed by atoms with Gasteiger partial charge in [-0.05, 0) is 70.9 Å². The molecule has 7 heteroatoms. The molecule has 1 aliphatic heterocycles. The molecule has 1 aliphatic rings. The molecule has 2 rings (SSSR count). The second kappa shape index (κ2) is 11.0. The average Bonchev–Trinajstić information content (AvgIpc) is 3.08. The maximum absolute atomic E-state index is 12.1. The van der Waals surface area contributed by atoms with Gasteiger partial charge in [-0.25, -0.2) is 9.78 Å². The number of aromatic nitrogens is 1. The zero-order chi connectivity index (χ0) is 20.6. The third-order valence-electron chi connectivity index (χ3n) is 4.74. The van der Waals surface area contributed by atoms with Crippen LogP contribution in [0.25, 0.3) is 0 Å². The average molecular weight is 412 g/mol. The highest BCUT2D eigenvalue weighted by Gasteiger charge is 2.30. The first-order valence-corrected chi connectivity index (χ1v) is 10.6. The number of pyridine rings is 1. The number of carbonyl (C=O) groups is 1. The molecule has 28 heavy (non-hydrogen) atoms. The van der Waals surface area contributed by atoms with E-state index in [0.29, 0.717) is 24.8 Å². The molecule has 1 aromatic heterocycles. The summed E-state index contributed by atoms with van der Waals surface area (Å²) < 4.78 is 11.3. The largest absolute Gasteiger partial charge is 0.444 e. The predicted octanol–water partition coefficient (Wildman–Crippen LogP) is 4.19. The molecule has 158 valence electrons. The minimum absolute atomic E-state index is 0.105. The minimum Gasteiger partial charge on any atom is -0.444 e. The van der Waals surface area contributed by atoms with Crippen molar-refractivity contribution in [3.63, 3.8) is 0 Å². The van der Waals surface area contributed by atoms with Gasteiger partial charge in [0.2, 0.25) is 0 Å². The lowest BCUT2D eigenvalue weighted by Gasteiger charge is -2.24. The highest BCUT2D eigenvalue weighted by atomic mass is 35.5. The Hall–Kier alpha value is -1.37. The lowest BCUT2D eigenvalue weighted by atomic mass is 10.0. The molecule has 0 aromatic carbocycles. The number of hydrogen-bond acceptors (Lipinski definition) is 5. The Morgan fingerprint density at radius 2 is 2.18 bits per heavy atom. The molecule has 1 unspecified atom stereocenters. The minimum atomic E-state index is -0.461. The van der Waals surface area contributed by atoms with Gasteiger partial charge in [-0.3, -0.25) is 0 Å². The van der Waals surface area contributed by atoms with E-state index >= 15 is 0 Å². The molecule has 0 saturated carbocycles. The number of rotatable bonds is 9. The third-order valence-corrected chi connectivity index (χ3v) is 5.08. The van der Waals surface area contributed by atoms with Crippen LogP contribution in [0.5, 0.6) is 0 Å². The topological polar surface area (TPSA) is 77.7 Å². The Balaban J connectivity index is 1.53. The number of nitrogens with zero attached hydrogens (tertiary/aromatic N) is 2. The summed E-state index contributed by atoms with van der Waals surface area (Å²) in [7, 11) is 0. The van der Waals surface area contributed by atoms with E-state index in [4.69, 9.17) is 26.8 Å². The molecular weight excluding hydrogens is 378 g/mol. The molecule has 1 fully saturated rings. The van der Waals surface area contributed by atoms with E-state index in [1.807, 2.05) is 32.9 Å². The zero-order valence-electron chi connectivity index (χ0n) is 17.3. The van der Waals surface area contributed by atoms with Crippen LogP contribution in [-0.2, 0) is 15.9 Å². The summed E-state index contributed by atoms with van der Waals surface area (Å²) in [4.78, 5) is 17.9. The normalized spacial score (nSPS) is 18.3. The predicted molar refractivity (Wildman–Crippen MR) is 112 cm³/mol. The van der Waals surface area contributed by atoms with Crippen molar-refractivity contribution in [2.45, 2.75) is 77.0 Å². The van der Waals surface area contributed by atoms with Crippen LogP contribution in [0.4, 0.5) is 4.79 Å².